The molecular weight excluding hydrogens is 290 g/mol. The Labute approximate surface area is 117 Å². The van der Waals surface area contributed by atoms with E-state index < -0.39 is 6.36 Å². The first-order valence-electron chi connectivity index (χ1n) is 5.06. The summed E-state index contributed by atoms with van der Waals surface area (Å²) in [6.45, 7) is 3.59. The van der Waals surface area contributed by atoms with Crippen molar-refractivity contribution in [2.24, 2.45) is 0 Å². The molecule has 106 valence electrons. The Hall–Kier alpha value is -0.650. The highest BCUT2D eigenvalue weighted by Gasteiger charge is 2.30. The molecule has 0 fully saturated rings. The third-order valence-electron chi connectivity index (χ3n) is 1.91. The molecule has 0 atom stereocenters. The van der Waals surface area contributed by atoms with Crippen LogP contribution >= 0.6 is 24.8 Å². The lowest BCUT2D eigenvalue weighted by atomic mass is 10.2. The molecule has 0 spiro atoms. The van der Waals surface area contributed by atoms with Crippen LogP contribution in [0.4, 0.5) is 13.2 Å². The monoisotopic (exact) mass is 305 g/mol. The van der Waals surface area contributed by atoms with Crippen molar-refractivity contribution in [3.63, 3.8) is 0 Å². The third kappa shape index (κ3) is 8.44. The van der Waals surface area contributed by atoms with Crippen LogP contribution < -0.4 is 10.1 Å². The fraction of sp³-hybridized carbons (Fsp3) is 0.455. The maximum Gasteiger partial charge on any atom is 0.573 e. The summed E-state index contributed by atoms with van der Waals surface area (Å²) < 4.78 is 39.3. The van der Waals surface area contributed by atoms with E-state index in [0.717, 1.165) is 18.5 Å². The largest absolute Gasteiger partial charge is 0.573 e. The lowest BCUT2D eigenvalue weighted by Gasteiger charge is -2.09. The van der Waals surface area contributed by atoms with Gasteiger partial charge in [-0.3, -0.25) is 0 Å². The molecular formula is C11H16Cl2F3NO. The van der Waals surface area contributed by atoms with Crippen LogP contribution in [0.25, 0.3) is 0 Å². The summed E-state index contributed by atoms with van der Waals surface area (Å²) in [5, 5.41) is 3.16. The Bertz CT molecular complexity index is 317. The van der Waals surface area contributed by atoms with Gasteiger partial charge < -0.3 is 10.1 Å². The SMILES string of the molecule is CCCNCc1ccc(OC(F)(F)F)cc1.Cl.Cl. The second kappa shape index (κ2) is 9.30. The van der Waals surface area contributed by atoms with Gasteiger partial charge in [0.05, 0.1) is 0 Å². The highest BCUT2D eigenvalue weighted by molar-refractivity contribution is 5.85. The van der Waals surface area contributed by atoms with E-state index in [0.29, 0.717) is 6.54 Å². The van der Waals surface area contributed by atoms with E-state index >= 15 is 0 Å². The molecule has 0 amide bonds. The van der Waals surface area contributed by atoms with E-state index in [-0.39, 0.29) is 30.6 Å². The minimum Gasteiger partial charge on any atom is -0.406 e. The van der Waals surface area contributed by atoms with Crippen LogP contribution in [0.5, 0.6) is 5.75 Å². The van der Waals surface area contributed by atoms with E-state index in [2.05, 4.69) is 10.1 Å². The van der Waals surface area contributed by atoms with Gasteiger partial charge in [-0.15, -0.1) is 38.0 Å². The highest BCUT2D eigenvalue weighted by Crippen LogP contribution is 2.22. The molecule has 1 aromatic carbocycles. The molecule has 1 aromatic rings. The number of ether oxygens (including phenoxy) is 1. The molecule has 18 heavy (non-hydrogen) atoms. The molecule has 0 heterocycles. The van der Waals surface area contributed by atoms with Crippen molar-refractivity contribution in [2.75, 3.05) is 6.54 Å². The molecule has 0 saturated carbocycles. The summed E-state index contributed by atoms with van der Waals surface area (Å²) >= 11 is 0. The van der Waals surface area contributed by atoms with Crippen molar-refractivity contribution in [3.05, 3.63) is 29.8 Å². The second-order valence-electron chi connectivity index (χ2n) is 3.37. The predicted octanol–water partition coefficient (Wildman–Crippen LogP) is 3.93. The van der Waals surface area contributed by atoms with Gasteiger partial charge in [0.2, 0.25) is 0 Å². The Morgan fingerprint density at radius 3 is 2.11 bits per heavy atom. The zero-order chi connectivity index (χ0) is 12.0. The van der Waals surface area contributed by atoms with Gasteiger partial charge in [-0.2, -0.15) is 0 Å². The van der Waals surface area contributed by atoms with E-state index in [1.807, 2.05) is 6.92 Å². The summed E-state index contributed by atoms with van der Waals surface area (Å²) in [7, 11) is 0. The van der Waals surface area contributed by atoms with Crippen molar-refractivity contribution in [2.45, 2.75) is 26.3 Å². The third-order valence-corrected chi connectivity index (χ3v) is 1.91. The van der Waals surface area contributed by atoms with Crippen LogP contribution in [0, 0.1) is 0 Å². The standard InChI is InChI=1S/C11H14F3NO.2ClH/c1-2-7-15-8-9-3-5-10(6-4-9)16-11(12,13)14;;/h3-6,15H,2,7-8H2,1H3;2*1H. The average Bonchev–Trinajstić information content (AvgIpc) is 2.19. The summed E-state index contributed by atoms with van der Waals surface area (Å²) in [4.78, 5) is 0. The fourth-order valence-electron chi connectivity index (χ4n) is 1.22. The quantitative estimate of drug-likeness (QED) is 0.832. The lowest BCUT2D eigenvalue weighted by molar-refractivity contribution is -0.274. The molecule has 0 saturated heterocycles. The normalized spacial score (nSPS) is 10.2. The molecule has 0 bridgehead atoms. The van der Waals surface area contributed by atoms with Gasteiger partial charge in [0.25, 0.3) is 0 Å². The number of hydrogen-bond acceptors (Lipinski definition) is 2. The minimum absolute atomic E-state index is 0. The van der Waals surface area contributed by atoms with Crippen LogP contribution in [-0.4, -0.2) is 12.9 Å². The van der Waals surface area contributed by atoms with Gasteiger partial charge in [-0.05, 0) is 30.7 Å². The van der Waals surface area contributed by atoms with Crippen LogP contribution in [0.2, 0.25) is 0 Å². The Morgan fingerprint density at radius 1 is 1.11 bits per heavy atom. The smallest absolute Gasteiger partial charge is 0.406 e. The van der Waals surface area contributed by atoms with Crippen molar-refractivity contribution in [1.82, 2.24) is 5.32 Å². The van der Waals surface area contributed by atoms with Crippen LogP contribution in [0.1, 0.15) is 18.9 Å². The number of hydrogen-bond donors (Lipinski definition) is 1. The summed E-state index contributed by atoms with van der Waals surface area (Å²) in [6, 6.07) is 5.86. The second-order valence-corrected chi connectivity index (χ2v) is 3.37. The maximum absolute atomic E-state index is 11.9. The molecule has 0 radical (unpaired) electrons. The van der Waals surface area contributed by atoms with Crippen molar-refractivity contribution in [1.29, 1.82) is 0 Å². The molecule has 0 aliphatic rings. The number of alkyl halides is 3. The Balaban J connectivity index is 0. The number of benzene rings is 1. The van der Waals surface area contributed by atoms with Gasteiger partial charge in [0.15, 0.2) is 0 Å². The number of halogens is 5. The number of nitrogens with one attached hydrogen (secondary N) is 1. The van der Waals surface area contributed by atoms with Crippen LogP contribution in [-0.2, 0) is 6.54 Å². The zero-order valence-electron chi connectivity index (χ0n) is 9.79. The Morgan fingerprint density at radius 2 is 1.67 bits per heavy atom. The first-order valence-corrected chi connectivity index (χ1v) is 5.06. The predicted molar refractivity (Wildman–Crippen MR) is 69.6 cm³/mol. The topological polar surface area (TPSA) is 21.3 Å². The number of rotatable bonds is 5. The van der Waals surface area contributed by atoms with E-state index in [1.165, 1.54) is 12.1 Å². The van der Waals surface area contributed by atoms with Gasteiger partial charge >= 0.3 is 6.36 Å². The van der Waals surface area contributed by atoms with Crippen molar-refractivity contribution in [3.8, 4) is 5.75 Å². The maximum atomic E-state index is 11.9. The molecule has 7 heteroatoms. The van der Waals surface area contributed by atoms with E-state index in [4.69, 9.17) is 0 Å². The van der Waals surface area contributed by atoms with E-state index in [9.17, 15) is 13.2 Å². The molecule has 0 aliphatic carbocycles. The fourth-order valence-corrected chi connectivity index (χ4v) is 1.22. The van der Waals surface area contributed by atoms with Crippen molar-refractivity contribution >= 4 is 24.8 Å². The summed E-state index contributed by atoms with van der Waals surface area (Å²) in [5.41, 5.74) is 0.933. The molecule has 0 unspecified atom stereocenters. The summed E-state index contributed by atoms with van der Waals surface area (Å²) in [6.07, 6.45) is -3.60. The lowest BCUT2D eigenvalue weighted by Crippen LogP contribution is -2.17. The van der Waals surface area contributed by atoms with E-state index in [1.54, 1.807) is 12.1 Å². The minimum atomic E-state index is -4.62. The van der Waals surface area contributed by atoms with Gasteiger partial charge in [-0.25, -0.2) is 0 Å². The molecule has 0 aromatic heterocycles. The first kappa shape index (κ1) is 19.7. The molecule has 2 nitrogen and oxygen atoms in total. The van der Waals surface area contributed by atoms with Gasteiger partial charge in [-0.1, -0.05) is 19.1 Å². The van der Waals surface area contributed by atoms with Crippen molar-refractivity contribution < 1.29 is 17.9 Å². The summed E-state index contributed by atoms with van der Waals surface area (Å²) in [5.74, 6) is -0.188. The highest BCUT2D eigenvalue weighted by atomic mass is 35.5. The zero-order valence-corrected chi connectivity index (χ0v) is 11.4. The van der Waals surface area contributed by atoms with Crippen LogP contribution in [0.15, 0.2) is 24.3 Å². The first-order chi connectivity index (χ1) is 7.51. The Kier molecular flexibility index (Phi) is 10.2. The van der Waals surface area contributed by atoms with Gasteiger partial charge in [0.1, 0.15) is 5.75 Å². The van der Waals surface area contributed by atoms with Gasteiger partial charge in [0, 0.05) is 6.54 Å². The average molecular weight is 306 g/mol. The molecule has 0 aliphatic heterocycles. The van der Waals surface area contributed by atoms with Crippen LogP contribution in [0.3, 0.4) is 0 Å². The molecule has 1 N–H and O–H groups in total. The molecule has 1 rings (SSSR count).